The van der Waals surface area contributed by atoms with E-state index in [9.17, 15) is 0 Å². The molecule has 0 aliphatic heterocycles. The van der Waals surface area contributed by atoms with Crippen molar-refractivity contribution < 1.29 is 0 Å². The second-order valence-corrected chi connectivity index (χ2v) is 5.52. The van der Waals surface area contributed by atoms with Crippen LogP contribution in [0.1, 0.15) is 32.3 Å². The third-order valence-corrected chi connectivity index (χ3v) is 3.39. The molecule has 0 radical (unpaired) electrons. The molecule has 2 heteroatoms. The van der Waals surface area contributed by atoms with Gasteiger partial charge in [-0.25, -0.2) is 0 Å². The van der Waals surface area contributed by atoms with E-state index in [0.717, 1.165) is 17.6 Å². The number of benzene rings is 1. The molecule has 1 aliphatic rings. The van der Waals surface area contributed by atoms with E-state index in [1.165, 1.54) is 24.0 Å². The van der Waals surface area contributed by atoms with Crippen LogP contribution in [0.2, 0.25) is 5.02 Å². The van der Waals surface area contributed by atoms with Gasteiger partial charge in [-0.1, -0.05) is 49.2 Å². The molecular weight excluding hydrogens is 230 g/mol. The molecule has 1 N–H and O–H groups in total. The van der Waals surface area contributed by atoms with Gasteiger partial charge in [-0.05, 0) is 36.5 Å². The van der Waals surface area contributed by atoms with Crippen LogP contribution in [0.15, 0.2) is 29.8 Å². The summed E-state index contributed by atoms with van der Waals surface area (Å²) < 4.78 is 0. The summed E-state index contributed by atoms with van der Waals surface area (Å²) in [6.45, 7) is 5.50. The molecule has 0 amide bonds. The van der Waals surface area contributed by atoms with Gasteiger partial charge in [0.2, 0.25) is 0 Å². The maximum Gasteiger partial charge on any atom is 0.0406 e. The lowest BCUT2D eigenvalue weighted by Crippen LogP contribution is -2.21. The summed E-state index contributed by atoms with van der Waals surface area (Å²) in [6, 6.07) is 8.80. The lowest BCUT2D eigenvalue weighted by atomic mass is 10.0. The van der Waals surface area contributed by atoms with Crippen molar-refractivity contribution in [3.05, 3.63) is 40.4 Å². The van der Waals surface area contributed by atoms with Crippen molar-refractivity contribution in [3.63, 3.8) is 0 Å². The molecule has 0 bridgehead atoms. The molecule has 1 saturated carbocycles. The Morgan fingerprint density at radius 3 is 2.53 bits per heavy atom. The number of halogens is 1. The topological polar surface area (TPSA) is 12.0 Å². The standard InChI is InChI=1S/C15H20ClN/c1-11(2)13(10-17-15-7-8-15)9-12-3-5-14(16)6-4-12/h3-6,9,11,15,17H,7-8,10H2,1-2H3. The molecule has 17 heavy (non-hydrogen) atoms. The van der Waals surface area contributed by atoms with Crippen LogP contribution in [-0.4, -0.2) is 12.6 Å². The van der Waals surface area contributed by atoms with Crippen LogP contribution >= 0.6 is 11.6 Å². The van der Waals surface area contributed by atoms with Crippen LogP contribution in [-0.2, 0) is 0 Å². The van der Waals surface area contributed by atoms with E-state index in [-0.39, 0.29) is 0 Å². The molecule has 92 valence electrons. The average molecular weight is 250 g/mol. The molecule has 1 aromatic carbocycles. The number of rotatable bonds is 5. The van der Waals surface area contributed by atoms with Crippen molar-refractivity contribution in [1.82, 2.24) is 5.32 Å². The molecule has 1 fully saturated rings. The molecule has 0 spiro atoms. The summed E-state index contributed by atoms with van der Waals surface area (Å²) in [4.78, 5) is 0. The summed E-state index contributed by atoms with van der Waals surface area (Å²) in [6.07, 6.45) is 4.95. The van der Waals surface area contributed by atoms with Crippen molar-refractivity contribution in [2.24, 2.45) is 5.92 Å². The smallest absolute Gasteiger partial charge is 0.0406 e. The van der Waals surface area contributed by atoms with Crippen LogP contribution in [0.5, 0.6) is 0 Å². The van der Waals surface area contributed by atoms with Gasteiger partial charge in [0.1, 0.15) is 0 Å². The van der Waals surface area contributed by atoms with Gasteiger partial charge in [0, 0.05) is 17.6 Å². The minimum Gasteiger partial charge on any atom is -0.310 e. The Hall–Kier alpha value is -0.790. The van der Waals surface area contributed by atoms with Gasteiger partial charge < -0.3 is 5.32 Å². The van der Waals surface area contributed by atoms with Gasteiger partial charge in [0.05, 0.1) is 0 Å². The predicted molar refractivity (Wildman–Crippen MR) is 75.3 cm³/mol. The van der Waals surface area contributed by atoms with Gasteiger partial charge in [-0.3, -0.25) is 0 Å². The van der Waals surface area contributed by atoms with Crippen molar-refractivity contribution in [2.45, 2.75) is 32.7 Å². The first-order chi connectivity index (χ1) is 8.15. The van der Waals surface area contributed by atoms with E-state index < -0.39 is 0 Å². The van der Waals surface area contributed by atoms with E-state index in [2.05, 4.69) is 37.4 Å². The quantitative estimate of drug-likeness (QED) is 0.827. The normalized spacial score (nSPS) is 16.6. The molecule has 2 rings (SSSR count). The summed E-state index contributed by atoms with van der Waals surface area (Å²) in [7, 11) is 0. The maximum absolute atomic E-state index is 5.89. The fourth-order valence-corrected chi connectivity index (χ4v) is 1.87. The summed E-state index contributed by atoms with van der Waals surface area (Å²) in [5.74, 6) is 0.580. The number of nitrogens with one attached hydrogen (secondary N) is 1. The van der Waals surface area contributed by atoms with Gasteiger partial charge in [0.15, 0.2) is 0 Å². The van der Waals surface area contributed by atoms with Gasteiger partial charge >= 0.3 is 0 Å². The Labute approximate surface area is 109 Å². The van der Waals surface area contributed by atoms with Crippen molar-refractivity contribution >= 4 is 17.7 Å². The molecule has 0 atom stereocenters. The highest BCUT2D eigenvalue weighted by atomic mass is 35.5. The van der Waals surface area contributed by atoms with Gasteiger partial charge in [-0.2, -0.15) is 0 Å². The second-order valence-electron chi connectivity index (χ2n) is 5.08. The monoisotopic (exact) mass is 249 g/mol. The fourth-order valence-electron chi connectivity index (χ4n) is 1.74. The minimum absolute atomic E-state index is 0.580. The zero-order valence-corrected chi connectivity index (χ0v) is 11.3. The molecule has 1 aliphatic carbocycles. The highest BCUT2D eigenvalue weighted by Crippen LogP contribution is 2.21. The van der Waals surface area contributed by atoms with Crippen LogP contribution in [0.4, 0.5) is 0 Å². The first kappa shape index (κ1) is 12.7. The van der Waals surface area contributed by atoms with Crippen molar-refractivity contribution in [3.8, 4) is 0 Å². The molecule has 0 saturated heterocycles. The average Bonchev–Trinajstić information content (AvgIpc) is 3.10. The molecule has 0 unspecified atom stereocenters. The highest BCUT2D eigenvalue weighted by Gasteiger charge is 2.20. The molecule has 0 heterocycles. The lowest BCUT2D eigenvalue weighted by molar-refractivity contribution is 0.662. The SMILES string of the molecule is CC(C)C(=Cc1ccc(Cl)cc1)CNC1CC1. The van der Waals surface area contributed by atoms with E-state index >= 15 is 0 Å². The third-order valence-electron chi connectivity index (χ3n) is 3.14. The van der Waals surface area contributed by atoms with E-state index in [1.807, 2.05) is 12.1 Å². The largest absolute Gasteiger partial charge is 0.310 e. The zero-order chi connectivity index (χ0) is 12.3. The minimum atomic E-state index is 0.580. The summed E-state index contributed by atoms with van der Waals surface area (Å²) in [5.41, 5.74) is 2.69. The maximum atomic E-state index is 5.89. The Kier molecular flexibility index (Phi) is 4.25. The van der Waals surface area contributed by atoms with Crippen molar-refractivity contribution in [1.29, 1.82) is 0 Å². The van der Waals surface area contributed by atoms with Crippen molar-refractivity contribution in [2.75, 3.05) is 6.54 Å². The molecule has 1 aromatic rings. The first-order valence-electron chi connectivity index (χ1n) is 6.34. The Balaban J connectivity index is 2.04. The lowest BCUT2D eigenvalue weighted by Gasteiger charge is -2.12. The second kappa shape index (κ2) is 5.70. The number of hydrogen-bond donors (Lipinski definition) is 1. The fraction of sp³-hybridized carbons (Fsp3) is 0.467. The molecular formula is C15H20ClN. The number of hydrogen-bond acceptors (Lipinski definition) is 1. The van der Waals surface area contributed by atoms with E-state index in [1.54, 1.807) is 0 Å². The Bertz CT molecular complexity index is 388. The van der Waals surface area contributed by atoms with E-state index in [0.29, 0.717) is 5.92 Å². The van der Waals surface area contributed by atoms with Crippen LogP contribution in [0, 0.1) is 5.92 Å². The zero-order valence-electron chi connectivity index (χ0n) is 10.5. The van der Waals surface area contributed by atoms with E-state index in [4.69, 9.17) is 11.6 Å². The Morgan fingerprint density at radius 2 is 2.00 bits per heavy atom. The van der Waals surface area contributed by atoms with Crippen LogP contribution in [0.3, 0.4) is 0 Å². The van der Waals surface area contributed by atoms with Gasteiger partial charge in [0.25, 0.3) is 0 Å². The third kappa shape index (κ3) is 4.18. The Morgan fingerprint density at radius 1 is 1.35 bits per heavy atom. The van der Waals surface area contributed by atoms with Gasteiger partial charge in [-0.15, -0.1) is 0 Å². The summed E-state index contributed by atoms with van der Waals surface area (Å²) in [5, 5.41) is 4.37. The van der Waals surface area contributed by atoms with Crippen LogP contribution in [0.25, 0.3) is 6.08 Å². The predicted octanol–water partition coefficient (Wildman–Crippen LogP) is 4.13. The summed E-state index contributed by atoms with van der Waals surface area (Å²) >= 11 is 5.89. The highest BCUT2D eigenvalue weighted by molar-refractivity contribution is 6.30. The van der Waals surface area contributed by atoms with Crippen LogP contribution < -0.4 is 5.32 Å². The molecule has 0 aromatic heterocycles. The molecule has 1 nitrogen and oxygen atoms in total. The first-order valence-corrected chi connectivity index (χ1v) is 6.72.